The molecule has 2 N–H and O–H groups in total. The molecule has 0 bridgehead atoms. The van der Waals surface area contributed by atoms with E-state index in [2.05, 4.69) is 15.7 Å². The van der Waals surface area contributed by atoms with Gasteiger partial charge < -0.3 is 5.32 Å². The lowest BCUT2D eigenvalue weighted by molar-refractivity contribution is -0.120. The molecule has 0 radical (unpaired) electrons. The average Bonchev–Trinajstić information content (AvgIpc) is 2.59. The van der Waals surface area contributed by atoms with Crippen molar-refractivity contribution in [1.29, 1.82) is 0 Å². The van der Waals surface area contributed by atoms with Crippen LogP contribution in [-0.2, 0) is 11.8 Å². The second-order valence-electron chi connectivity index (χ2n) is 3.20. The summed E-state index contributed by atoms with van der Waals surface area (Å²) >= 11 is 0. The van der Waals surface area contributed by atoms with Gasteiger partial charge in [-0.3, -0.25) is 14.8 Å². The lowest BCUT2D eigenvalue weighted by atomic mass is 10.1. The second kappa shape index (κ2) is 2.83. The van der Waals surface area contributed by atoms with Crippen LogP contribution in [0.1, 0.15) is 17.3 Å². The van der Waals surface area contributed by atoms with Gasteiger partial charge in [-0.05, 0) is 6.92 Å². The number of rotatable bonds is 1. The summed E-state index contributed by atoms with van der Waals surface area (Å²) < 4.78 is 1.66. The summed E-state index contributed by atoms with van der Waals surface area (Å²) in [4.78, 5) is 22.2. The monoisotopic (exact) mass is 194 g/mol. The number of aromatic nitrogens is 2. The number of carbonyl (C=O) groups is 2. The predicted molar refractivity (Wildman–Crippen MR) is 47.4 cm³/mol. The Hall–Kier alpha value is -1.85. The van der Waals surface area contributed by atoms with Gasteiger partial charge in [0.05, 0.1) is 6.20 Å². The van der Waals surface area contributed by atoms with Crippen molar-refractivity contribution in [3.8, 4) is 0 Å². The Balaban J connectivity index is 2.36. The van der Waals surface area contributed by atoms with E-state index in [-0.39, 0.29) is 5.91 Å². The third-order valence-electron chi connectivity index (χ3n) is 2.36. The van der Waals surface area contributed by atoms with Crippen LogP contribution in [0.3, 0.4) is 0 Å². The molecule has 1 aliphatic rings. The van der Waals surface area contributed by atoms with E-state index in [1.807, 2.05) is 6.92 Å². The predicted octanol–water partition coefficient (Wildman–Crippen LogP) is -0.391. The Bertz CT molecular complexity index is 409. The lowest BCUT2D eigenvalue weighted by Crippen LogP contribution is -2.22. The number of amides is 3. The zero-order chi connectivity index (χ0) is 10.3. The number of hydrogen-bond donors (Lipinski definition) is 2. The molecule has 2 rings (SSSR count). The van der Waals surface area contributed by atoms with Crippen LogP contribution >= 0.6 is 0 Å². The van der Waals surface area contributed by atoms with Gasteiger partial charge in [-0.2, -0.15) is 5.10 Å². The maximum Gasteiger partial charge on any atom is 0.322 e. The van der Waals surface area contributed by atoms with Crippen molar-refractivity contribution in [1.82, 2.24) is 20.4 Å². The number of imide groups is 1. The van der Waals surface area contributed by atoms with Gasteiger partial charge in [0.15, 0.2) is 0 Å². The molecule has 0 unspecified atom stereocenters. The first-order valence-corrected chi connectivity index (χ1v) is 4.19. The van der Waals surface area contributed by atoms with Crippen LogP contribution < -0.4 is 10.6 Å². The zero-order valence-corrected chi connectivity index (χ0v) is 7.87. The third kappa shape index (κ3) is 1.15. The van der Waals surface area contributed by atoms with Crippen molar-refractivity contribution < 1.29 is 9.59 Å². The average molecular weight is 194 g/mol. The largest absolute Gasteiger partial charge is 0.322 e. The minimum Gasteiger partial charge on any atom is -0.322 e. The van der Waals surface area contributed by atoms with E-state index in [1.54, 1.807) is 17.9 Å². The third-order valence-corrected chi connectivity index (χ3v) is 2.36. The summed E-state index contributed by atoms with van der Waals surface area (Å²) in [6.45, 7) is 1.85. The Morgan fingerprint density at radius 2 is 2.21 bits per heavy atom. The van der Waals surface area contributed by atoms with Crippen LogP contribution in [0.2, 0.25) is 0 Å². The molecule has 1 aromatic heterocycles. The lowest BCUT2D eigenvalue weighted by Gasteiger charge is -2.05. The van der Waals surface area contributed by atoms with Crippen LogP contribution in [0.25, 0.3) is 0 Å². The highest BCUT2D eigenvalue weighted by Crippen LogP contribution is 2.19. The molecule has 3 amide bonds. The Kier molecular flexibility index (Phi) is 1.77. The number of nitrogens with zero attached hydrogens (tertiary/aromatic N) is 2. The molecule has 6 nitrogen and oxygen atoms in total. The first-order valence-electron chi connectivity index (χ1n) is 4.19. The molecule has 1 aromatic rings. The molecule has 1 aliphatic heterocycles. The van der Waals surface area contributed by atoms with Crippen molar-refractivity contribution in [3.63, 3.8) is 0 Å². The highest BCUT2D eigenvalue weighted by molar-refractivity contribution is 6.04. The van der Waals surface area contributed by atoms with Crippen LogP contribution in [0, 0.1) is 6.92 Å². The Morgan fingerprint density at radius 3 is 2.64 bits per heavy atom. The minimum absolute atomic E-state index is 0.328. The van der Waals surface area contributed by atoms with Gasteiger partial charge in [0.1, 0.15) is 6.04 Å². The van der Waals surface area contributed by atoms with Gasteiger partial charge in [-0.25, -0.2) is 4.79 Å². The van der Waals surface area contributed by atoms with E-state index in [1.165, 1.54) is 0 Å². The summed E-state index contributed by atoms with van der Waals surface area (Å²) in [6.07, 6.45) is 1.59. The topological polar surface area (TPSA) is 76.0 Å². The molecule has 1 atom stereocenters. The number of hydrogen-bond acceptors (Lipinski definition) is 3. The van der Waals surface area contributed by atoms with E-state index in [0.717, 1.165) is 11.3 Å². The van der Waals surface area contributed by atoms with Gasteiger partial charge in [0, 0.05) is 18.3 Å². The fraction of sp³-hybridized carbons (Fsp3) is 0.375. The smallest absolute Gasteiger partial charge is 0.322 e. The van der Waals surface area contributed by atoms with E-state index < -0.39 is 12.1 Å². The summed E-state index contributed by atoms with van der Waals surface area (Å²) in [5.74, 6) is -0.328. The molecule has 1 saturated heterocycles. The molecular formula is C8H10N4O2. The molecule has 0 spiro atoms. The Morgan fingerprint density at radius 1 is 1.50 bits per heavy atom. The first-order chi connectivity index (χ1) is 6.59. The fourth-order valence-corrected chi connectivity index (χ4v) is 1.43. The van der Waals surface area contributed by atoms with E-state index in [4.69, 9.17) is 0 Å². The van der Waals surface area contributed by atoms with Crippen molar-refractivity contribution >= 4 is 11.9 Å². The van der Waals surface area contributed by atoms with Gasteiger partial charge in [-0.15, -0.1) is 0 Å². The number of nitrogens with one attached hydrogen (secondary N) is 2. The molecule has 0 aliphatic carbocycles. The van der Waals surface area contributed by atoms with Crippen molar-refractivity contribution in [2.75, 3.05) is 0 Å². The zero-order valence-electron chi connectivity index (χ0n) is 7.87. The quantitative estimate of drug-likeness (QED) is 0.598. The van der Waals surface area contributed by atoms with E-state index in [9.17, 15) is 9.59 Å². The van der Waals surface area contributed by atoms with Crippen molar-refractivity contribution in [2.45, 2.75) is 13.0 Å². The summed E-state index contributed by atoms with van der Waals surface area (Å²) in [7, 11) is 1.79. The number of urea groups is 1. The maximum absolute atomic E-state index is 11.3. The fourth-order valence-electron chi connectivity index (χ4n) is 1.43. The highest BCUT2D eigenvalue weighted by Gasteiger charge is 2.32. The van der Waals surface area contributed by atoms with Gasteiger partial charge in [0.2, 0.25) is 0 Å². The summed E-state index contributed by atoms with van der Waals surface area (Å²) in [5, 5.41) is 8.70. The van der Waals surface area contributed by atoms with Crippen LogP contribution in [-0.4, -0.2) is 21.7 Å². The maximum atomic E-state index is 11.3. The standard InChI is InChI=1S/C8H10N4O2/c1-4-5(3-9-12(4)2)6-7(13)11-8(14)10-6/h3,6H,1-2H3,(H2,10,11,13,14)/t6-/m1/s1. The molecule has 0 aromatic carbocycles. The van der Waals surface area contributed by atoms with Crippen LogP contribution in [0.4, 0.5) is 4.79 Å². The second-order valence-corrected chi connectivity index (χ2v) is 3.20. The SMILES string of the molecule is Cc1c([C@H]2NC(=O)NC2=O)cnn1C. The molecule has 2 heterocycles. The minimum atomic E-state index is -0.601. The molecular weight excluding hydrogens is 184 g/mol. The number of carbonyl (C=O) groups excluding carboxylic acids is 2. The first kappa shape index (κ1) is 8.74. The summed E-state index contributed by atoms with van der Waals surface area (Å²) in [6, 6.07) is -1.06. The molecule has 0 saturated carbocycles. The summed E-state index contributed by atoms with van der Waals surface area (Å²) in [5.41, 5.74) is 1.60. The normalized spacial score (nSPS) is 20.9. The van der Waals surface area contributed by atoms with Gasteiger partial charge in [0.25, 0.3) is 5.91 Å². The number of aryl methyl sites for hydroxylation is 1. The molecule has 74 valence electrons. The molecule has 14 heavy (non-hydrogen) atoms. The van der Waals surface area contributed by atoms with Crippen molar-refractivity contribution in [3.05, 3.63) is 17.5 Å². The molecule has 1 fully saturated rings. The van der Waals surface area contributed by atoms with E-state index >= 15 is 0 Å². The highest BCUT2D eigenvalue weighted by atomic mass is 16.2. The van der Waals surface area contributed by atoms with Gasteiger partial charge >= 0.3 is 6.03 Å². The van der Waals surface area contributed by atoms with Crippen molar-refractivity contribution in [2.24, 2.45) is 7.05 Å². The van der Waals surface area contributed by atoms with E-state index in [0.29, 0.717) is 0 Å². The molecule has 6 heteroatoms. The Labute approximate surface area is 80.3 Å². The van der Waals surface area contributed by atoms with Crippen LogP contribution in [0.15, 0.2) is 6.20 Å². The van der Waals surface area contributed by atoms with Crippen LogP contribution in [0.5, 0.6) is 0 Å². The van der Waals surface area contributed by atoms with Gasteiger partial charge in [-0.1, -0.05) is 0 Å².